The van der Waals surface area contributed by atoms with E-state index in [4.69, 9.17) is 5.73 Å². The van der Waals surface area contributed by atoms with Gasteiger partial charge in [-0.2, -0.15) is 0 Å². The highest BCUT2D eigenvalue weighted by Crippen LogP contribution is 2.36. The molecule has 2 nitrogen and oxygen atoms in total. The number of aryl methyl sites for hydroxylation is 1. The summed E-state index contributed by atoms with van der Waals surface area (Å²) in [5, 5.41) is 9.26. The summed E-state index contributed by atoms with van der Waals surface area (Å²) in [6.45, 7) is 1.84. The predicted octanol–water partition coefficient (Wildman–Crippen LogP) is 2.73. The fourth-order valence-corrected chi connectivity index (χ4v) is 2.67. The summed E-state index contributed by atoms with van der Waals surface area (Å²) in [5.74, 6) is 0. The number of nitrogens with two attached hydrogens (primary N) is 1. The van der Waals surface area contributed by atoms with Gasteiger partial charge in [0.05, 0.1) is 6.10 Å². The zero-order valence-corrected chi connectivity index (χ0v) is 10.7. The number of benzene rings is 1. The van der Waals surface area contributed by atoms with Crippen LogP contribution in [0.3, 0.4) is 0 Å². The van der Waals surface area contributed by atoms with Crippen LogP contribution in [0.1, 0.15) is 50.2 Å². The lowest BCUT2D eigenvalue weighted by molar-refractivity contribution is 0.185. The Labute approximate surface area is 104 Å². The Morgan fingerprint density at radius 3 is 2.35 bits per heavy atom. The number of rotatable bonds is 4. The molecule has 3 N–H and O–H groups in total. The van der Waals surface area contributed by atoms with Crippen molar-refractivity contribution in [2.45, 2.75) is 57.1 Å². The maximum absolute atomic E-state index is 9.26. The average molecular weight is 233 g/mol. The maximum Gasteiger partial charge on any atom is 0.0515 e. The van der Waals surface area contributed by atoms with Gasteiger partial charge in [-0.15, -0.1) is 0 Å². The summed E-state index contributed by atoms with van der Waals surface area (Å²) < 4.78 is 0. The van der Waals surface area contributed by atoms with Crippen molar-refractivity contribution in [2.24, 2.45) is 5.73 Å². The van der Waals surface area contributed by atoms with Gasteiger partial charge in [0.2, 0.25) is 0 Å². The fraction of sp³-hybridized carbons (Fsp3) is 0.600. The second-order valence-electron chi connectivity index (χ2n) is 5.45. The van der Waals surface area contributed by atoms with Crippen molar-refractivity contribution in [1.82, 2.24) is 0 Å². The molecule has 0 bridgehead atoms. The van der Waals surface area contributed by atoms with E-state index in [0.29, 0.717) is 0 Å². The molecule has 1 aromatic carbocycles. The molecule has 1 aliphatic carbocycles. The highest BCUT2D eigenvalue weighted by molar-refractivity contribution is 5.29. The molecular weight excluding hydrogens is 210 g/mol. The normalized spacial score (nSPS) is 20.4. The monoisotopic (exact) mass is 233 g/mol. The minimum atomic E-state index is -0.217. The van der Waals surface area contributed by atoms with E-state index in [9.17, 15) is 5.11 Å². The van der Waals surface area contributed by atoms with Gasteiger partial charge in [-0.25, -0.2) is 0 Å². The van der Waals surface area contributed by atoms with E-state index in [1.807, 2.05) is 6.92 Å². The first-order chi connectivity index (χ1) is 8.10. The fourth-order valence-electron chi connectivity index (χ4n) is 2.67. The van der Waals surface area contributed by atoms with Gasteiger partial charge in [-0.3, -0.25) is 0 Å². The standard InChI is InChI=1S/C15H23NO/c1-12(17)4-5-13-6-8-14(9-7-13)15(16)10-2-3-11-15/h6-9,12,17H,2-5,10-11,16H2,1H3. The number of hydrogen-bond donors (Lipinski definition) is 2. The molecule has 0 aliphatic heterocycles. The molecule has 0 saturated heterocycles. The Hall–Kier alpha value is -0.860. The highest BCUT2D eigenvalue weighted by Gasteiger charge is 2.30. The molecule has 17 heavy (non-hydrogen) atoms. The molecule has 0 aromatic heterocycles. The average Bonchev–Trinajstić information content (AvgIpc) is 2.75. The van der Waals surface area contributed by atoms with Crippen LogP contribution < -0.4 is 5.73 Å². The molecule has 0 spiro atoms. The second kappa shape index (κ2) is 5.19. The summed E-state index contributed by atoms with van der Waals surface area (Å²) >= 11 is 0. The van der Waals surface area contributed by atoms with Crippen LogP contribution in [0.5, 0.6) is 0 Å². The predicted molar refractivity (Wildman–Crippen MR) is 70.8 cm³/mol. The van der Waals surface area contributed by atoms with Gasteiger partial charge in [0.1, 0.15) is 0 Å². The van der Waals surface area contributed by atoms with Gasteiger partial charge in [0, 0.05) is 5.54 Å². The van der Waals surface area contributed by atoms with Gasteiger partial charge in [-0.1, -0.05) is 37.1 Å². The summed E-state index contributed by atoms with van der Waals surface area (Å²) in [6.07, 6.45) is 6.27. The Morgan fingerprint density at radius 1 is 1.24 bits per heavy atom. The topological polar surface area (TPSA) is 46.2 Å². The lowest BCUT2D eigenvalue weighted by Gasteiger charge is -2.24. The van der Waals surface area contributed by atoms with E-state index in [1.54, 1.807) is 0 Å². The Balaban J connectivity index is 2.02. The number of hydrogen-bond acceptors (Lipinski definition) is 2. The molecule has 0 heterocycles. The lowest BCUT2D eigenvalue weighted by Crippen LogP contribution is -2.32. The molecule has 94 valence electrons. The molecule has 0 radical (unpaired) electrons. The third-order valence-electron chi connectivity index (χ3n) is 3.88. The van der Waals surface area contributed by atoms with Crippen LogP contribution in [-0.4, -0.2) is 11.2 Å². The van der Waals surface area contributed by atoms with Gasteiger partial charge >= 0.3 is 0 Å². The van der Waals surface area contributed by atoms with Crippen molar-refractivity contribution in [3.05, 3.63) is 35.4 Å². The van der Waals surface area contributed by atoms with Gasteiger partial charge < -0.3 is 10.8 Å². The van der Waals surface area contributed by atoms with Crippen LogP contribution in [0.2, 0.25) is 0 Å². The Morgan fingerprint density at radius 2 is 1.82 bits per heavy atom. The first kappa shape index (κ1) is 12.6. The van der Waals surface area contributed by atoms with Crippen LogP contribution >= 0.6 is 0 Å². The third kappa shape index (κ3) is 3.08. The molecular formula is C15H23NO. The van der Waals surface area contributed by atoms with Crippen LogP contribution in [0.15, 0.2) is 24.3 Å². The second-order valence-corrected chi connectivity index (χ2v) is 5.45. The third-order valence-corrected chi connectivity index (χ3v) is 3.88. The molecule has 2 rings (SSSR count). The van der Waals surface area contributed by atoms with E-state index in [1.165, 1.54) is 24.0 Å². The number of aliphatic hydroxyl groups is 1. The van der Waals surface area contributed by atoms with Crippen molar-refractivity contribution < 1.29 is 5.11 Å². The first-order valence-electron chi connectivity index (χ1n) is 6.66. The van der Waals surface area contributed by atoms with Crippen LogP contribution in [0.25, 0.3) is 0 Å². The Bertz CT molecular complexity index is 350. The summed E-state index contributed by atoms with van der Waals surface area (Å²) in [5.41, 5.74) is 8.89. The summed E-state index contributed by atoms with van der Waals surface area (Å²) in [7, 11) is 0. The summed E-state index contributed by atoms with van der Waals surface area (Å²) in [6, 6.07) is 8.65. The van der Waals surface area contributed by atoms with E-state index >= 15 is 0 Å². The SMILES string of the molecule is CC(O)CCc1ccc(C2(N)CCCC2)cc1. The highest BCUT2D eigenvalue weighted by atomic mass is 16.3. The lowest BCUT2D eigenvalue weighted by atomic mass is 9.88. The first-order valence-corrected chi connectivity index (χ1v) is 6.66. The maximum atomic E-state index is 9.26. The molecule has 1 fully saturated rings. The molecule has 0 amide bonds. The molecule has 1 saturated carbocycles. The molecule has 1 atom stereocenters. The largest absolute Gasteiger partial charge is 0.393 e. The number of aliphatic hydroxyl groups excluding tert-OH is 1. The van der Waals surface area contributed by atoms with Crippen molar-refractivity contribution >= 4 is 0 Å². The van der Waals surface area contributed by atoms with Crippen LogP contribution in [0.4, 0.5) is 0 Å². The van der Waals surface area contributed by atoms with Gasteiger partial charge in [-0.05, 0) is 43.7 Å². The van der Waals surface area contributed by atoms with Crippen LogP contribution in [-0.2, 0) is 12.0 Å². The zero-order valence-electron chi connectivity index (χ0n) is 10.7. The minimum absolute atomic E-state index is 0.0806. The summed E-state index contributed by atoms with van der Waals surface area (Å²) in [4.78, 5) is 0. The van der Waals surface area contributed by atoms with Gasteiger partial charge in [0.25, 0.3) is 0 Å². The zero-order chi connectivity index (χ0) is 12.3. The van der Waals surface area contributed by atoms with Crippen LogP contribution in [0, 0.1) is 0 Å². The minimum Gasteiger partial charge on any atom is -0.393 e. The van der Waals surface area contributed by atoms with Crippen molar-refractivity contribution in [2.75, 3.05) is 0 Å². The molecule has 2 heteroatoms. The van der Waals surface area contributed by atoms with E-state index in [0.717, 1.165) is 25.7 Å². The van der Waals surface area contributed by atoms with E-state index in [2.05, 4.69) is 24.3 Å². The van der Waals surface area contributed by atoms with Gasteiger partial charge in [0.15, 0.2) is 0 Å². The molecule has 1 aliphatic rings. The van der Waals surface area contributed by atoms with E-state index in [-0.39, 0.29) is 11.6 Å². The molecule has 1 aromatic rings. The molecule has 1 unspecified atom stereocenters. The van der Waals surface area contributed by atoms with Crippen molar-refractivity contribution in [3.63, 3.8) is 0 Å². The smallest absolute Gasteiger partial charge is 0.0515 e. The Kier molecular flexibility index (Phi) is 3.85. The van der Waals surface area contributed by atoms with E-state index < -0.39 is 0 Å². The quantitative estimate of drug-likeness (QED) is 0.840. The van der Waals surface area contributed by atoms with Crippen molar-refractivity contribution in [3.8, 4) is 0 Å². The van der Waals surface area contributed by atoms with Crippen molar-refractivity contribution in [1.29, 1.82) is 0 Å².